The van der Waals surface area contributed by atoms with Crippen molar-refractivity contribution in [3.05, 3.63) is 44.6 Å². The maximum atomic E-state index is 8.97. The number of aromatic nitrogens is 2. The van der Waals surface area contributed by atoms with Crippen LogP contribution in [-0.4, -0.2) is 9.97 Å². The Balaban J connectivity index is 2.49. The van der Waals surface area contributed by atoms with Crippen LogP contribution in [0.25, 0.3) is 0 Å². The molecule has 0 saturated carbocycles. The molecule has 0 bridgehead atoms. The molecule has 0 saturated heterocycles. The summed E-state index contributed by atoms with van der Waals surface area (Å²) in [5.41, 5.74) is 16.0. The van der Waals surface area contributed by atoms with Gasteiger partial charge in [0.25, 0.3) is 0 Å². The Labute approximate surface area is 125 Å². The van der Waals surface area contributed by atoms with Crippen molar-refractivity contribution < 1.29 is 0 Å². The quantitative estimate of drug-likeness (QED) is 0.880. The van der Waals surface area contributed by atoms with Gasteiger partial charge in [-0.3, -0.25) is 0 Å². The van der Waals surface area contributed by atoms with E-state index in [2.05, 4.69) is 32.0 Å². The summed E-state index contributed by atoms with van der Waals surface area (Å²) in [7, 11) is 0. The fourth-order valence-corrected chi connectivity index (χ4v) is 2.47. The van der Waals surface area contributed by atoms with Crippen LogP contribution >= 0.6 is 15.9 Å². The van der Waals surface area contributed by atoms with Crippen molar-refractivity contribution in [2.75, 3.05) is 11.5 Å². The maximum absolute atomic E-state index is 8.97. The molecule has 0 spiro atoms. The molecule has 2 rings (SSSR count). The molecule has 5 nitrogen and oxygen atoms in total. The first-order chi connectivity index (χ1) is 9.42. The number of nitrogens with two attached hydrogens (primary N) is 2. The number of hydrogen-bond donors (Lipinski definition) is 2. The summed E-state index contributed by atoms with van der Waals surface area (Å²) in [6, 6.07) is 5.88. The molecular formula is C14H14BrN5. The molecule has 0 amide bonds. The minimum absolute atomic E-state index is 0.157. The summed E-state index contributed by atoms with van der Waals surface area (Å²) in [4.78, 5) is 8.13. The number of anilines is 2. The van der Waals surface area contributed by atoms with E-state index in [1.54, 1.807) is 0 Å². The SMILES string of the molecule is Cc1cc(C#N)cc(C)c1Cc1nc(N)nc(N)c1Br. The molecule has 0 aliphatic heterocycles. The fraction of sp³-hybridized carbons (Fsp3) is 0.214. The Bertz CT molecular complexity index is 695. The summed E-state index contributed by atoms with van der Waals surface area (Å²) in [6.07, 6.45) is 0.584. The Morgan fingerprint density at radius 3 is 2.35 bits per heavy atom. The van der Waals surface area contributed by atoms with Crippen molar-refractivity contribution in [3.63, 3.8) is 0 Å². The van der Waals surface area contributed by atoms with Crippen molar-refractivity contribution in [1.82, 2.24) is 9.97 Å². The number of nitriles is 1. The van der Waals surface area contributed by atoms with Crippen LogP contribution in [0.1, 0.15) is 27.9 Å². The molecule has 1 heterocycles. The first-order valence-corrected chi connectivity index (χ1v) is 6.79. The Morgan fingerprint density at radius 1 is 1.20 bits per heavy atom. The lowest BCUT2D eigenvalue weighted by Gasteiger charge is -2.12. The van der Waals surface area contributed by atoms with Crippen LogP contribution in [0, 0.1) is 25.2 Å². The summed E-state index contributed by atoms with van der Waals surface area (Å²) in [5, 5.41) is 8.97. The van der Waals surface area contributed by atoms with E-state index in [1.807, 2.05) is 26.0 Å². The van der Waals surface area contributed by atoms with Crippen LogP contribution in [0.4, 0.5) is 11.8 Å². The average molecular weight is 332 g/mol. The zero-order valence-electron chi connectivity index (χ0n) is 11.2. The Kier molecular flexibility index (Phi) is 3.91. The topological polar surface area (TPSA) is 102 Å². The van der Waals surface area contributed by atoms with Crippen molar-refractivity contribution in [2.24, 2.45) is 0 Å². The Hall–Kier alpha value is -2.13. The van der Waals surface area contributed by atoms with E-state index in [1.165, 1.54) is 0 Å². The predicted molar refractivity (Wildman–Crippen MR) is 82.0 cm³/mol. The van der Waals surface area contributed by atoms with Gasteiger partial charge in [-0.25, -0.2) is 4.98 Å². The van der Waals surface area contributed by atoms with Gasteiger partial charge < -0.3 is 11.5 Å². The largest absolute Gasteiger partial charge is 0.383 e. The second kappa shape index (κ2) is 5.47. The molecule has 1 aromatic carbocycles. The van der Waals surface area contributed by atoms with Crippen molar-refractivity contribution in [1.29, 1.82) is 5.26 Å². The third kappa shape index (κ3) is 2.73. The van der Waals surface area contributed by atoms with Gasteiger partial charge in [-0.05, 0) is 58.6 Å². The van der Waals surface area contributed by atoms with Gasteiger partial charge in [0.15, 0.2) is 0 Å². The highest BCUT2D eigenvalue weighted by molar-refractivity contribution is 9.10. The molecule has 1 aromatic heterocycles. The molecule has 6 heteroatoms. The molecule has 0 fully saturated rings. The highest BCUT2D eigenvalue weighted by Crippen LogP contribution is 2.26. The van der Waals surface area contributed by atoms with Gasteiger partial charge in [0.2, 0.25) is 5.95 Å². The first-order valence-electron chi connectivity index (χ1n) is 6.00. The number of halogens is 1. The molecule has 0 unspecified atom stereocenters. The number of nitrogens with zero attached hydrogens (tertiary/aromatic N) is 3. The van der Waals surface area contributed by atoms with Gasteiger partial charge in [-0.1, -0.05) is 0 Å². The number of nitrogen functional groups attached to an aromatic ring is 2. The van der Waals surface area contributed by atoms with Gasteiger partial charge in [-0.15, -0.1) is 0 Å². The number of benzene rings is 1. The van der Waals surface area contributed by atoms with Crippen molar-refractivity contribution >= 4 is 27.7 Å². The normalized spacial score (nSPS) is 10.3. The molecule has 0 aliphatic carbocycles. The second-order valence-electron chi connectivity index (χ2n) is 4.60. The van der Waals surface area contributed by atoms with Gasteiger partial charge in [-0.2, -0.15) is 10.2 Å². The molecule has 2 aromatic rings. The van der Waals surface area contributed by atoms with Crippen LogP contribution in [0.2, 0.25) is 0 Å². The molecule has 0 atom stereocenters. The predicted octanol–water partition coefficient (Wildman–Crippen LogP) is 2.48. The fourth-order valence-electron chi connectivity index (χ4n) is 2.15. The molecule has 4 N–H and O–H groups in total. The summed E-state index contributed by atoms with van der Waals surface area (Å²) in [6.45, 7) is 3.95. The first kappa shape index (κ1) is 14.3. The second-order valence-corrected chi connectivity index (χ2v) is 5.40. The third-order valence-electron chi connectivity index (χ3n) is 3.13. The number of hydrogen-bond acceptors (Lipinski definition) is 5. The van der Waals surface area contributed by atoms with Crippen LogP contribution in [0.15, 0.2) is 16.6 Å². The molecule has 0 aliphatic rings. The van der Waals surface area contributed by atoms with Crippen LogP contribution in [-0.2, 0) is 6.42 Å². The van der Waals surface area contributed by atoms with Crippen molar-refractivity contribution in [3.8, 4) is 6.07 Å². The van der Waals surface area contributed by atoms with Gasteiger partial charge >= 0.3 is 0 Å². The zero-order chi connectivity index (χ0) is 14.9. The smallest absolute Gasteiger partial charge is 0.222 e. The number of aryl methyl sites for hydroxylation is 2. The van der Waals surface area contributed by atoms with E-state index < -0.39 is 0 Å². The lowest BCUT2D eigenvalue weighted by molar-refractivity contribution is 1.01. The highest BCUT2D eigenvalue weighted by atomic mass is 79.9. The van der Waals surface area contributed by atoms with E-state index in [0.717, 1.165) is 22.4 Å². The summed E-state index contributed by atoms with van der Waals surface area (Å²) < 4.78 is 0.662. The number of rotatable bonds is 2. The minimum Gasteiger partial charge on any atom is -0.383 e. The molecule has 102 valence electrons. The van der Waals surface area contributed by atoms with E-state index in [4.69, 9.17) is 16.7 Å². The van der Waals surface area contributed by atoms with Gasteiger partial charge in [0.05, 0.1) is 21.8 Å². The standard InChI is InChI=1S/C14H14BrN5/c1-7-3-9(6-16)4-8(2)10(7)5-11-12(15)13(17)20-14(18)19-11/h3-4H,5H2,1-2H3,(H4,17,18,19,20). The van der Waals surface area contributed by atoms with Crippen LogP contribution < -0.4 is 11.5 Å². The van der Waals surface area contributed by atoms with Gasteiger partial charge in [0, 0.05) is 6.42 Å². The summed E-state index contributed by atoms with van der Waals surface area (Å²) >= 11 is 3.39. The van der Waals surface area contributed by atoms with E-state index in [-0.39, 0.29) is 5.95 Å². The van der Waals surface area contributed by atoms with E-state index >= 15 is 0 Å². The maximum Gasteiger partial charge on any atom is 0.222 e. The third-order valence-corrected chi connectivity index (χ3v) is 4.00. The van der Waals surface area contributed by atoms with Crippen LogP contribution in [0.5, 0.6) is 0 Å². The van der Waals surface area contributed by atoms with E-state index in [0.29, 0.717) is 22.3 Å². The highest BCUT2D eigenvalue weighted by Gasteiger charge is 2.13. The minimum atomic E-state index is 0.157. The molecule has 0 radical (unpaired) electrons. The lowest BCUT2D eigenvalue weighted by atomic mass is 9.96. The Morgan fingerprint density at radius 2 is 1.80 bits per heavy atom. The zero-order valence-corrected chi connectivity index (χ0v) is 12.8. The van der Waals surface area contributed by atoms with Crippen molar-refractivity contribution in [2.45, 2.75) is 20.3 Å². The average Bonchev–Trinajstić information content (AvgIpc) is 2.38. The van der Waals surface area contributed by atoms with E-state index in [9.17, 15) is 0 Å². The molecular weight excluding hydrogens is 318 g/mol. The van der Waals surface area contributed by atoms with Crippen LogP contribution in [0.3, 0.4) is 0 Å². The van der Waals surface area contributed by atoms with Gasteiger partial charge in [0.1, 0.15) is 5.82 Å². The monoisotopic (exact) mass is 331 g/mol. The summed E-state index contributed by atoms with van der Waals surface area (Å²) in [5.74, 6) is 0.487. The lowest BCUT2D eigenvalue weighted by Crippen LogP contribution is -2.07. The molecule has 20 heavy (non-hydrogen) atoms.